The maximum Gasteiger partial charge on any atom is 0.380 e. The van der Waals surface area contributed by atoms with Crippen molar-refractivity contribution in [2.75, 3.05) is 32.9 Å². The predicted octanol–water partition coefficient (Wildman–Crippen LogP) is 0.446. The molecule has 7 nitrogen and oxygen atoms in total. The fourth-order valence-electron chi connectivity index (χ4n) is 3.49. The van der Waals surface area contributed by atoms with Crippen LogP contribution in [-0.2, 0) is 0 Å². The Kier molecular flexibility index (Phi) is 4.48. The third-order valence-electron chi connectivity index (χ3n) is 4.96. The molecule has 0 bridgehead atoms. The van der Waals surface area contributed by atoms with Gasteiger partial charge in [0.15, 0.2) is 5.69 Å². The van der Waals surface area contributed by atoms with Gasteiger partial charge < -0.3 is 16.0 Å². The van der Waals surface area contributed by atoms with Crippen molar-refractivity contribution in [1.29, 1.82) is 0 Å². The Bertz CT molecular complexity index is 1060. The molecule has 2 aliphatic rings. The number of nitrogens with one attached hydrogen (secondary N) is 1. The van der Waals surface area contributed by atoms with Gasteiger partial charge in [-0.2, -0.15) is 0 Å². The molecule has 4 rings (SSSR count). The lowest BCUT2D eigenvalue weighted by Crippen LogP contribution is -2.39. The number of anilines is 1. The number of nitrogens with zero attached hydrogens (tertiary/aromatic N) is 4. The van der Waals surface area contributed by atoms with Crippen molar-refractivity contribution in [2.45, 2.75) is 12.8 Å². The van der Waals surface area contributed by atoms with E-state index in [9.17, 15) is 4.79 Å². The number of piperidine rings is 1. The van der Waals surface area contributed by atoms with Crippen LogP contribution in [-0.4, -0.2) is 43.0 Å². The Morgan fingerprint density at radius 1 is 1.41 bits per heavy atom. The predicted molar refractivity (Wildman–Crippen MR) is 101 cm³/mol. The van der Waals surface area contributed by atoms with Crippen molar-refractivity contribution in [2.24, 2.45) is 10.9 Å². The fraction of sp³-hybridized carbons (Fsp3) is 0.350. The topological polar surface area (TPSA) is 89.5 Å². The van der Waals surface area contributed by atoms with Gasteiger partial charge in [-0.25, -0.2) is 4.98 Å². The minimum atomic E-state index is -0.0416. The zero-order valence-electron chi connectivity index (χ0n) is 15.6. The molecule has 1 unspecified atom stereocenters. The molecule has 0 saturated carbocycles. The summed E-state index contributed by atoms with van der Waals surface area (Å²) in [5.41, 5.74) is 9.90. The van der Waals surface area contributed by atoms with E-state index in [4.69, 9.17) is 10.7 Å². The zero-order valence-corrected chi connectivity index (χ0v) is 15.6. The minimum Gasteiger partial charge on any atom is -0.377 e. The van der Waals surface area contributed by atoms with Crippen LogP contribution in [0.5, 0.6) is 0 Å². The Morgan fingerprint density at radius 3 is 3.00 bits per heavy atom. The number of carbonyl (C=O) groups is 1. The molecule has 1 atom stereocenters. The number of rotatable bonds is 3. The lowest BCUT2D eigenvalue weighted by Gasteiger charge is -2.18. The summed E-state index contributed by atoms with van der Waals surface area (Å²) in [5.74, 6) is 4.06. The van der Waals surface area contributed by atoms with Crippen LogP contribution in [0.25, 0.3) is 11.3 Å². The second-order valence-corrected chi connectivity index (χ2v) is 7.12. The van der Waals surface area contributed by atoms with E-state index >= 15 is 0 Å². The lowest BCUT2D eigenvalue weighted by molar-refractivity contribution is -0.505. The second-order valence-electron chi connectivity index (χ2n) is 7.12. The molecule has 2 aliphatic heterocycles. The van der Waals surface area contributed by atoms with Crippen molar-refractivity contribution in [1.82, 2.24) is 15.2 Å². The summed E-state index contributed by atoms with van der Waals surface area (Å²) >= 11 is 0. The molecule has 1 amide bonds. The summed E-state index contributed by atoms with van der Waals surface area (Å²) in [6.07, 6.45) is 3.92. The molecule has 3 heterocycles. The van der Waals surface area contributed by atoms with Crippen molar-refractivity contribution < 1.29 is 9.04 Å². The van der Waals surface area contributed by atoms with Gasteiger partial charge in [0, 0.05) is 37.7 Å². The van der Waals surface area contributed by atoms with Gasteiger partial charge in [-0.3, -0.25) is 4.79 Å². The largest absolute Gasteiger partial charge is 0.380 e. The molecule has 1 saturated heterocycles. The first-order chi connectivity index (χ1) is 13.0. The molecule has 0 aliphatic carbocycles. The highest BCUT2D eigenvalue weighted by Gasteiger charge is 2.27. The summed E-state index contributed by atoms with van der Waals surface area (Å²) in [5, 5.41) is 3.41. The maximum atomic E-state index is 12.3. The molecular weight excluding hydrogens is 340 g/mol. The maximum absolute atomic E-state index is 12.3. The molecule has 7 heteroatoms. The Labute approximate surface area is 157 Å². The first-order valence-electron chi connectivity index (χ1n) is 9.13. The Balaban J connectivity index is 1.85. The molecule has 0 radical (unpaired) electrons. The third kappa shape index (κ3) is 3.23. The number of carbonyl (C=O) groups excluding carboxylic acids is 1. The van der Waals surface area contributed by atoms with E-state index in [-0.39, 0.29) is 5.91 Å². The standard InChI is InChI=1S/C20H23N6O/c1-25(2)20(27)14-6-3-5-13(9-14)17-11-23-18(21)19-24-16(12-26(17)19)15-7-4-8-22-10-15/h3,5-6,9,11,15,22H,4,7-8,10H2,1-2H3,(H2,21,23)/q+1. The van der Waals surface area contributed by atoms with Gasteiger partial charge in [-0.1, -0.05) is 12.1 Å². The minimum absolute atomic E-state index is 0.0416. The average Bonchev–Trinajstić information content (AvgIpc) is 3.15. The number of nitrogens with two attached hydrogens (primary N) is 1. The number of benzene rings is 1. The zero-order chi connectivity index (χ0) is 19.0. The van der Waals surface area contributed by atoms with Crippen LogP contribution < -0.4 is 20.8 Å². The molecule has 1 aromatic carbocycles. The molecule has 138 valence electrons. The highest BCUT2D eigenvalue weighted by atomic mass is 16.2. The van der Waals surface area contributed by atoms with E-state index in [0.717, 1.165) is 42.9 Å². The average molecular weight is 363 g/mol. The summed E-state index contributed by atoms with van der Waals surface area (Å²) in [4.78, 5) is 22.9. The summed E-state index contributed by atoms with van der Waals surface area (Å²) in [6.45, 7) is 1.95. The summed E-state index contributed by atoms with van der Waals surface area (Å²) in [7, 11) is 3.48. The quantitative estimate of drug-likeness (QED) is 0.775. The van der Waals surface area contributed by atoms with Gasteiger partial charge in [0.05, 0.1) is 6.20 Å². The van der Waals surface area contributed by atoms with Gasteiger partial charge >= 0.3 is 5.49 Å². The van der Waals surface area contributed by atoms with E-state index in [1.165, 1.54) is 0 Å². The van der Waals surface area contributed by atoms with Crippen molar-refractivity contribution in [3.63, 3.8) is 0 Å². The van der Waals surface area contributed by atoms with Crippen LogP contribution in [0.4, 0.5) is 5.82 Å². The number of aromatic nitrogens is 2. The third-order valence-corrected chi connectivity index (χ3v) is 4.96. The number of fused-ring (bicyclic) bond motifs is 1. The molecule has 1 aromatic heterocycles. The van der Waals surface area contributed by atoms with E-state index in [2.05, 4.69) is 16.2 Å². The van der Waals surface area contributed by atoms with Gasteiger partial charge in [0.1, 0.15) is 5.87 Å². The molecule has 0 spiro atoms. The second kappa shape index (κ2) is 6.95. The SMILES string of the molecule is CN(C)C(=O)c1cccc(-c2cnc(N)c3[n+]2=C=C(C2CCCNC2)N=3)c1. The van der Waals surface area contributed by atoms with Crippen molar-refractivity contribution >= 4 is 11.7 Å². The van der Waals surface area contributed by atoms with E-state index in [1.54, 1.807) is 25.2 Å². The van der Waals surface area contributed by atoms with Gasteiger partial charge in [-0.05, 0) is 36.5 Å². The highest BCUT2D eigenvalue weighted by Crippen LogP contribution is 2.21. The Hall–Kier alpha value is -3.02. The highest BCUT2D eigenvalue weighted by molar-refractivity contribution is 5.94. The van der Waals surface area contributed by atoms with Gasteiger partial charge in [0.25, 0.3) is 5.91 Å². The molecule has 2 aromatic rings. The van der Waals surface area contributed by atoms with E-state index in [1.807, 2.05) is 28.5 Å². The van der Waals surface area contributed by atoms with Crippen LogP contribution in [0.15, 0.2) is 41.2 Å². The van der Waals surface area contributed by atoms with Crippen LogP contribution in [0.3, 0.4) is 0 Å². The molecular formula is C20H23N6O+. The van der Waals surface area contributed by atoms with Crippen molar-refractivity contribution in [3.8, 4) is 11.3 Å². The van der Waals surface area contributed by atoms with E-state index < -0.39 is 0 Å². The summed E-state index contributed by atoms with van der Waals surface area (Å²) < 4.78 is 1.87. The van der Waals surface area contributed by atoms with E-state index in [0.29, 0.717) is 22.8 Å². The van der Waals surface area contributed by atoms with Gasteiger partial charge in [-0.15, -0.1) is 4.24 Å². The molecule has 3 N–H and O–H groups in total. The Morgan fingerprint density at radius 2 is 2.26 bits per heavy atom. The van der Waals surface area contributed by atoms with Crippen LogP contribution in [0.2, 0.25) is 0 Å². The number of nitrogen functional groups attached to an aromatic ring is 1. The van der Waals surface area contributed by atoms with Crippen molar-refractivity contribution in [3.05, 3.63) is 53.1 Å². The molecule has 1 fully saturated rings. The van der Waals surface area contributed by atoms with Gasteiger partial charge in [0.2, 0.25) is 11.5 Å². The number of amides is 1. The first-order valence-corrected chi connectivity index (χ1v) is 9.13. The number of hydrogen-bond donors (Lipinski definition) is 2. The number of hydrogen-bond acceptors (Lipinski definition) is 5. The summed E-state index contributed by atoms with van der Waals surface area (Å²) in [6, 6.07) is 7.50. The van der Waals surface area contributed by atoms with Crippen LogP contribution in [0, 0.1) is 11.8 Å². The smallest absolute Gasteiger partial charge is 0.377 e. The normalized spacial score (nSPS) is 18.1. The molecule has 27 heavy (non-hydrogen) atoms. The van der Waals surface area contributed by atoms with Crippen LogP contribution in [0.1, 0.15) is 23.2 Å². The monoisotopic (exact) mass is 363 g/mol. The lowest BCUT2D eigenvalue weighted by atomic mass is 9.97. The first kappa shape index (κ1) is 17.4. The fourth-order valence-corrected chi connectivity index (χ4v) is 3.49. The van der Waals surface area contributed by atoms with Crippen LogP contribution >= 0.6 is 0 Å².